The lowest BCUT2D eigenvalue weighted by molar-refractivity contribution is -0.128. The summed E-state index contributed by atoms with van der Waals surface area (Å²) in [4.78, 5) is 31.7. The van der Waals surface area contributed by atoms with Crippen molar-refractivity contribution < 1.29 is 18.7 Å². The van der Waals surface area contributed by atoms with E-state index >= 15 is 0 Å². The minimum atomic E-state index is -0.559. The van der Waals surface area contributed by atoms with Crippen molar-refractivity contribution in [2.24, 2.45) is 4.99 Å². The number of hydrogen-bond donors (Lipinski definition) is 1. The fourth-order valence-corrected chi connectivity index (χ4v) is 4.17. The number of aliphatic imine (C=N–C) groups is 1. The van der Waals surface area contributed by atoms with E-state index < -0.39 is 5.25 Å². The Morgan fingerprint density at radius 2 is 1.97 bits per heavy atom. The Hall–Kier alpha value is -2.87. The fraction of sp³-hybridized carbons (Fsp3) is 0.318. The third-order valence-electron chi connectivity index (χ3n) is 4.56. The number of carbonyl (C=O) groups excluding carboxylic acids is 2. The lowest BCUT2D eigenvalue weighted by atomic mass is 10.2. The molecule has 2 aromatic carbocycles. The number of para-hydroxylation sites is 2. The van der Waals surface area contributed by atoms with Gasteiger partial charge >= 0.3 is 0 Å². The van der Waals surface area contributed by atoms with Crippen LogP contribution in [0.3, 0.4) is 0 Å². The number of amidine groups is 1. The summed E-state index contributed by atoms with van der Waals surface area (Å²) in [7, 11) is 1.53. The van der Waals surface area contributed by atoms with Crippen LogP contribution >= 0.6 is 11.8 Å². The molecule has 0 radical (unpaired) electrons. The lowest BCUT2D eigenvalue weighted by Crippen LogP contribution is -2.34. The van der Waals surface area contributed by atoms with Crippen molar-refractivity contribution in [3.8, 4) is 5.75 Å². The van der Waals surface area contributed by atoms with Crippen LogP contribution in [0.25, 0.3) is 0 Å². The summed E-state index contributed by atoms with van der Waals surface area (Å²) >= 11 is 1.27. The second kappa shape index (κ2) is 10.2. The number of ether oxygens (including phenoxy) is 1. The fourth-order valence-electron chi connectivity index (χ4n) is 2.99. The maximum absolute atomic E-state index is 13.2. The number of amides is 2. The number of anilines is 1. The Bertz CT molecular complexity index is 933. The molecule has 0 aromatic heterocycles. The molecule has 1 N–H and O–H groups in total. The van der Waals surface area contributed by atoms with E-state index in [1.807, 2.05) is 13.0 Å². The van der Waals surface area contributed by atoms with Gasteiger partial charge in [-0.15, -0.1) is 0 Å². The monoisotopic (exact) mass is 429 g/mol. The summed E-state index contributed by atoms with van der Waals surface area (Å²) in [6, 6.07) is 12.9. The van der Waals surface area contributed by atoms with Gasteiger partial charge in [-0.2, -0.15) is 0 Å². The van der Waals surface area contributed by atoms with Gasteiger partial charge in [0.05, 0.1) is 18.5 Å². The molecule has 1 fully saturated rings. The number of benzene rings is 2. The average molecular weight is 430 g/mol. The third-order valence-corrected chi connectivity index (χ3v) is 5.73. The molecule has 158 valence electrons. The Morgan fingerprint density at radius 3 is 2.67 bits per heavy atom. The van der Waals surface area contributed by atoms with Crippen molar-refractivity contribution >= 4 is 40.1 Å². The van der Waals surface area contributed by atoms with E-state index in [-0.39, 0.29) is 24.1 Å². The van der Waals surface area contributed by atoms with Gasteiger partial charge in [0.15, 0.2) is 5.17 Å². The summed E-state index contributed by atoms with van der Waals surface area (Å²) in [5, 5.41) is 2.79. The summed E-state index contributed by atoms with van der Waals surface area (Å²) in [5.41, 5.74) is 1.12. The molecule has 1 aliphatic rings. The smallest absolute Gasteiger partial charge is 0.242 e. The number of nitrogens with zero attached hydrogens (tertiary/aromatic N) is 2. The molecule has 8 heteroatoms. The van der Waals surface area contributed by atoms with Crippen LogP contribution < -0.4 is 10.1 Å². The second-order valence-electron chi connectivity index (χ2n) is 6.77. The van der Waals surface area contributed by atoms with Crippen LogP contribution in [0.15, 0.2) is 53.5 Å². The van der Waals surface area contributed by atoms with Gasteiger partial charge in [0.1, 0.15) is 16.8 Å². The molecule has 0 spiro atoms. The molecule has 2 amide bonds. The molecule has 1 atom stereocenters. The highest BCUT2D eigenvalue weighted by Gasteiger charge is 2.38. The van der Waals surface area contributed by atoms with Crippen LogP contribution in [0.5, 0.6) is 5.75 Å². The SMILES string of the molecule is CCCCN1C(=O)C(CC(=O)Nc2ccccc2OC)SC1=Nc1ccc(F)cc1. The lowest BCUT2D eigenvalue weighted by Gasteiger charge is -2.16. The minimum absolute atomic E-state index is 0.0204. The highest BCUT2D eigenvalue weighted by atomic mass is 32.2. The molecule has 1 saturated heterocycles. The van der Waals surface area contributed by atoms with Gasteiger partial charge in [-0.05, 0) is 42.8 Å². The largest absolute Gasteiger partial charge is 0.495 e. The van der Waals surface area contributed by atoms with Crippen LogP contribution in [0.2, 0.25) is 0 Å². The van der Waals surface area contributed by atoms with Crippen molar-refractivity contribution in [3.05, 3.63) is 54.3 Å². The van der Waals surface area contributed by atoms with E-state index in [2.05, 4.69) is 10.3 Å². The van der Waals surface area contributed by atoms with Gasteiger partial charge < -0.3 is 10.1 Å². The highest BCUT2D eigenvalue weighted by molar-refractivity contribution is 8.15. The van der Waals surface area contributed by atoms with Gasteiger partial charge in [-0.1, -0.05) is 37.2 Å². The number of halogens is 1. The van der Waals surface area contributed by atoms with Crippen LogP contribution in [-0.4, -0.2) is 40.8 Å². The Labute approximate surface area is 179 Å². The van der Waals surface area contributed by atoms with Gasteiger partial charge in [-0.25, -0.2) is 9.38 Å². The second-order valence-corrected chi connectivity index (χ2v) is 7.94. The first kappa shape index (κ1) is 21.8. The summed E-state index contributed by atoms with van der Waals surface area (Å²) in [6.07, 6.45) is 1.78. The van der Waals surface area contributed by atoms with Gasteiger partial charge in [0.2, 0.25) is 11.8 Å². The Morgan fingerprint density at radius 1 is 1.23 bits per heavy atom. The maximum Gasteiger partial charge on any atom is 0.242 e. The Kier molecular flexibility index (Phi) is 7.46. The van der Waals surface area contributed by atoms with Crippen molar-refractivity contribution in [1.29, 1.82) is 0 Å². The zero-order valence-electron chi connectivity index (χ0n) is 16.9. The molecule has 0 bridgehead atoms. The number of thioether (sulfide) groups is 1. The first-order valence-electron chi connectivity index (χ1n) is 9.77. The molecular weight excluding hydrogens is 405 g/mol. The topological polar surface area (TPSA) is 71.0 Å². The van der Waals surface area contributed by atoms with Crippen LogP contribution in [0.4, 0.5) is 15.8 Å². The summed E-state index contributed by atoms with van der Waals surface area (Å²) in [6.45, 7) is 2.58. The third kappa shape index (κ3) is 5.38. The van der Waals surface area contributed by atoms with E-state index in [0.717, 1.165) is 12.8 Å². The minimum Gasteiger partial charge on any atom is -0.495 e. The van der Waals surface area contributed by atoms with Crippen molar-refractivity contribution in [2.75, 3.05) is 19.0 Å². The number of unbranched alkanes of at least 4 members (excludes halogenated alkanes) is 1. The molecule has 0 aliphatic carbocycles. The zero-order valence-corrected chi connectivity index (χ0v) is 17.7. The van der Waals surface area contributed by atoms with E-state index in [0.29, 0.717) is 28.8 Å². The highest BCUT2D eigenvalue weighted by Crippen LogP contribution is 2.32. The predicted octanol–water partition coefficient (Wildman–Crippen LogP) is 4.59. The molecule has 30 heavy (non-hydrogen) atoms. The standard InChI is InChI=1S/C22H24FN3O3S/c1-3-4-13-26-21(28)19(30-22(26)24-16-11-9-15(23)10-12-16)14-20(27)25-17-7-5-6-8-18(17)29-2/h5-12,19H,3-4,13-14H2,1-2H3,(H,25,27). The number of methoxy groups -OCH3 is 1. The van der Waals surface area contributed by atoms with Crippen molar-refractivity contribution in [2.45, 2.75) is 31.4 Å². The predicted molar refractivity (Wildman–Crippen MR) is 118 cm³/mol. The quantitative estimate of drug-likeness (QED) is 0.666. The molecule has 1 heterocycles. The van der Waals surface area contributed by atoms with Gasteiger partial charge in [0.25, 0.3) is 0 Å². The molecule has 1 aliphatic heterocycles. The molecule has 1 unspecified atom stereocenters. The number of carbonyl (C=O) groups is 2. The Balaban J connectivity index is 1.74. The van der Waals surface area contributed by atoms with Crippen LogP contribution in [0, 0.1) is 5.82 Å². The van der Waals surface area contributed by atoms with Crippen LogP contribution in [-0.2, 0) is 9.59 Å². The van der Waals surface area contributed by atoms with Crippen molar-refractivity contribution in [1.82, 2.24) is 4.90 Å². The average Bonchev–Trinajstić information content (AvgIpc) is 3.02. The number of rotatable bonds is 8. The molecule has 6 nitrogen and oxygen atoms in total. The summed E-state index contributed by atoms with van der Waals surface area (Å²) in [5.74, 6) is -0.199. The number of nitrogens with one attached hydrogen (secondary N) is 1. The molecular formula is C22H24FN3O3S. The summed E-state index contributed by atoms with van der Waals surface area (Å²) < 4.78 is 18.4. The van der Waals surface area contributed by atoms with Gasteiger partial charge in [-0.3, -0.25) is 14.5 Å². The normalized spacial score (nSPS) is 17.4. The molecule has 2 aromatic rings. The van der Waals surface area contributed by atoms with E-state index in [1.165, 1.54) is 31.0 Å². The number of hydrogen-bond acceptors (Lipinski definition) is 5. The molecule has 0 saturated carbocycles. The van der Waals surface area contributed by atoms with Crippen LogP contribution in [0.1, 0.15) is 26.2 Å². The maximum atomic E-state index is 13.2. The van der Waals surface area contributed by atoms with E-state index in [9.17, 15) is 14.0 Å². The first-order valence-corrected chi connectivity index (χ1v) is 10.6. The van der Waals surface area contributed by atoms with Gasteiger partial charge in [0, 0.05) is 13.0 Å². The first-order chi connectivity index (χ1) is 14.5. The van der Waals surface area contributed by atoms with E-state index in [1.54, 1.807) is 35.2 Å². The van der Waals surface area contributed by atoms with E-state index in [4.69, 9.17) is 4.74 Å². The zero-order chi connectivity index (χ0) is 21.5. The van der Waals surface area contributed by atoms with Crippen molar-refractivity contribution in [3.63, 3.8) is 0 Å². The molecule has 3 rings (SSSR count).